The lowest BCUT2D eigenvalue weighted by atomic mass is 10.0. The Hall–Kier alpha value is -1.88. The first-order chi connectivity index (χ1) is 17.4. The van der Waals surface area contributed by atoms with Crippen molar-refractivity contribution in [1.29, 1.82) is 0 Å². The average molecular weight is 611 g/mol. The first kappa shape index (κ1) is 28.7. The van der Waals surface area contributed by atoms with Gasteiger partial charge in [-0.05, 0) is 77.4 Å². The highest BCUT2D eigenvalue weighted by atomic mass is 127. The maximum atomic E-state index is 12.7. The van der Waals surface area contributed by atoms with Crippen molar-refractivity contribution in [2.75, 3.05) is 32.8 Å². The maximum absolute atomic E-state index is 12.7. The lowest BCUT2D eigenvalue weighted by Crippen LogP contribution is -2.47. The lowest BCUT2D eigenvalue weighted by molar-refractivity contribution is -0.123. The Balaban J connectivity index is 1.55. The molecule has 3 atom stereocenters. The van der Waals surface area contributed by atoms with E-state index in [2.05, 4.69) is 39.7 Å². The number of carbonyl (C=O) groups is 1. The zero-order valence-corrected chi connectivity index (χ0v) is 23.2. The molecule has 1 amide bonds. The van der Waals surface area contributed by atoms with Gasteiger partial charge in [-0.1, -0.05) is 38.3 Å². The molecule has 1 saturated heterocycles. The van der Waals surface area contributed by atoms with Crippen LogP contribution >= 0.6 is 22.6 Å². The number of likely N-dealkylation sites (tertiary alicyclic amines) is 1. The number of aliphatic hydroxyl groups excluding tert-OH is 2. The summed E-state index contributed by atoms with van der Waals surface area (Å²) in [7, 11) is 0. The Kier molecular flexibility index (Phi) is 12.3. The highest BCUT2D eigenvalue weighted by molar-refractivity contribution is 14.1. The van der Waals surface area contributed by atoms with E-state index in [9.17, 15) is 15.0 Å². The van der Waals surface area contributed by atoms with E-state index in [1.165, 1.54) is 12.8 Å². The number of amides is 1. The summed E-state index contributed by atoms with van der Waals surface area (Å²) in [6.07, 6.45) is 4.23. The molecule has 1 fully saturated rings. The Morgan fingerprint density at radius 1 is 1.06 bits per heavy atom. The number of rotatable bonds is 15. The molecule has 8 heteroatoms. The largest absolute Gasteiger partial charge is 0.494 e. The number of aliphatic hydroxyl groups is 2. The molecule has 1 aliphatic rings. The molecule has 0 unspecified atom stereocenters. The fraction of sp³-hybridized carbons (Fsp3) is 0.536. The van der Waals surface area contributed by atoms with Crippen LogP contribution in [0.1, 0.15) is 57.1 Å². The number of carbonyl (C=O) groups excluding carboxylic acids is 1. The van der Waals surface area contributed by atoms with Gasteiger partial charge in [0.1, 0.15) is 17.6 Å². The Labute approximate surface area is 228 Å². The van der Waals surface area contributed by atoms with E-state index < -0.39 is 12.1 Å². The van der Waals surface area contributed by atoms with Gasteiger partial charge >= 0.3 is 0 Å². The number of hydrogen-bond donors (Lipinski definition) is 3. The molecule has 7 nitrogen and oxygen atoms in total. The molecule has 1 aliphatic heterocycles. The molecule has 0 aliphatic carbocycles. The van der Waals surface area contributed by atoms with Crippen LogP contribution in [-0.2, 0) is 4.79 Å². The first-order valence-corrected chi connectivity index (χ1v) is 14.0. The minimum atomic E-state index is -0.887. The molecule has 3 rings (SSSR count). The number of benzene rings is 2. The monoisotopic (exact) mass is 610 g/mol. The third-order valence-corrected chi connectivity index (χ3v) is 7.05. The quantitative estimate of drug-likeness (QED) is 0.206. The molecule has 0 saturated carbocycles. The van der Waals surface area contributed by atoms with Crippen molar-refractivity contribution < 1.29 is 24.5 Å². The first-order valence-electron chi connectivity index (χ1n) is 12.9. The van der Waals surface area contributed by atoms with Crippen molar-refractivity contribution in [3.63, 3.8) is 0 Å². The second-order valence-electron chi connectivity index (χ2n) is 9.35. The fourth-order valence-corrected chi connectivity index (χ4v) is 4.62. The molecule has 3 N–H and O–H groups in total. The van der Waals surface area contributed by atoms with E-state index in [0.717, 1.165) is 34.5 Å². The van der Waals surface area contributed by atoms with Gasteiger partial charge < -0.3 is 25.0 Å². The summed E-state index contributed by atoms with van der Waals surface area (Å²) in [5, 5.41) is 24.1. The standard InChI is InChI=1S/C28H39IN2O5/c1-2-3-4-5-17-35-24-10-6-21(7-11-24)28(34)26(20-31-16-14-23(32)19-31)30-27(33)15-18-36-25-12-8-22(29)9-13-25/h6-13,23,26,28,32,34H,2-5,14-20H2,1H3,(H,30,33)/t23-,26+,28+/m0/s1. The summed E-state index contributed by atoms with van der Waals surface area (Å²) in [6, 6.07) is 14.6. The van der Waals surface area contributed by atoms with Gasteiger partial charge in [0.25, 0.3) is 0 Å². The number of halogens is 1. The number of β-amino-alcohol motifs (C(OH)–C–C–N with tert-alkyl or cyclic N) is 1. The van der Waals surface area contributed by atoms with Gasteiger partial charge in [0.2, 0.25) is 5.91 Å². The van der Waals surface area contributed by atoms with Crippen molar-refractivity contribution in [2.24, 2.45) is 0 Å². The average Bonchev–Trinajstić information content (AvgIpc) is 3.29. The summed E-state index contributed by atoms with van der Waals surface area (Å²) in [5.41, 5.74) is 0.716. The smallest absolute Gasteiger partial charge is 0.223 e. The lowest BCUT2D eigenvalue weighted by Gasteiger charge is -2.29. The van der Waals surface area contributed by atoms with Crippen LogP contribution in [0.4, 0.5) is 0 Å². The van der Waals surface area contributed by atoms with Gasteiger partial charge in [0.15, 0.2) is 0 Å². The summed E-state index contributed by atoms with van der Waals surface area (Å²) in [6.45, 7) is 4.86. The SMILES string of the molecule is CCCCCCOc1ccc([C@@H](O)[C@@H](CN2CC[C@H](O)C2)NC(=O)CCOc2ccc(I)cc2)cc1. The van der Waals surface area contributed by atoms with Crippen LogP contribution in [-0.4, -0.2) is 66.0 Å². The highest BCUT2D eigenvalue weighted by Crippen LogP contribution is 2.23. The molecular weight excluding hydrogens is 571 g/mol. The van der Waals surface area contributed by atoms with Gasteiger partial charge in [-0.15, -0.1) is 0 Å². The molecular formula is C28H39IN2O5. The van der Waals surface area contributed by atoms with Gasteiger partial charge in [-0.25, -0.2) is 0 Å². The molecule has 2 aromatic rings. The highest BCUT2D eigenvalue weighted by Gasteiger charge is 2.29. The molecule has 1 heterocycles. The van der Waals surface area contributed by atoms with E-state index in [-0.39, 0.29) is 25.0 Å². The maximum Gasteiger partial charge on any atom is 0.223 e. The number of hydrogen-bond acceptors (Lipinski definition) is 6. The second kappa shape index (κ2) is 15.4. The Bertz CT molecular complexity index is 909. The van der Waals surface area contributed by atoms with Gasteiger partial charge in [-0.2, -0.15) is 0 Å². The number of unbranched alkanes of at least 4 members (excludes halogenated alkanes) is 3. The molecule has 198 valence electrons. The van der Waals surface area contributed by atoms with Crippen LogP contribution in [0.15, 0.2) is 48.5 Å². The third-order valence-electron chi connectivity index (χ3n) is 6.33. The van der Waals surface area contributed by atoms with E-state index >= 15 is 0 Å². The minimum absolute atomic E-state index is 0.183. The van der Waals surface area contributed by atoms with Crippen molar-refractivity contribution in [3.8, 4) is 11.5 Å². The van der Waals surface area contributed by atoms with E-state index in [4.69, 9.17) is 9.47 Å². The van der Waals surface area contributed by atoms with Crippen molar-refractivity contribution in [3.05, 3.63) is 57.7 Å². The van der Waals surface area contributed by atoms with Gasteiger partial charge in [0.05, 0.1) is 31.8 Å². The molecule has 0 bridgehead atoms. The van der Waals surface area contributed by atoms with Crippen LogP contribution in [0.25, 0.3) is 0 Å². The van der Waals surface area contributed by atoms with Crippen molar-refractivity contribution >= 4 is 28.5 Å². The summed E-state index contributed by atoms with van der Waals surface area (Å²) in [5.74, 6) is 1.31. The predicted octanol–water partition coefficient (Wildman–Crippen LogP) is 4.30. The summed E-state index contributed by atoms with van der Waals surface area (Å²) in [4.78, 5) is 14.8. The zero-order chi connectivity index (χ0) is 25.8. The van der Waals surface area contributed by atoms with E-state index in [1.807, 2.05) is 48.5 Å². The van der Waals surface area contributed by atoms with Crippen LogP contribution in [0.2, 0.25) is 0 Å². The van der Waals surface area contributed by atoms with Crippen LogP contribution in [0.5, 0.6) is 11.5 Å². The number of ether oxygens (including phenoxy) is 2. The zero-order valence-electron chi connectivity index (χ0n) is 21.1. The Morgan fingerprint density at radius 3 is 2.36 bits per heavy atom. The molecule has 36 heavy (non-hydrogen) atoms. The van der Waals surface area contributed by atoms with Gasteiger partial charge in [0, 0.05) is 23.2 Å². The Morgan fingerprint density at radius 2 is 1.72 bits per heavy atom. The number of nitrogens with one attached hydrogen (secondary N) is 1. The van der Waals surface area contributed by atoms with Crippen LogP contribution < -0.4 is 14.8 Å². The summed E-state index contributed by atoms with van der Waals surface area (Å²) >= 11 is 2.23. The van der Waals surface area contributed by atoms with E-state index in [1.54, 1.807) is 0 Å². The fourth-order valence-electron chi connectivity index (χ4n) is 4.26. The molecule has 0 radical (unpaired) electrons. The predicted molar refractivity (Wildman–Crippen MR) is 149 cm³/mol. The van der Waals surface area contributed by atoms with Gasteiger partial charge in [-0.3, -0.25) is 9.69 Å². The topological polar surface area (TPSA) is 91.3 Å². The van der Waals surface area contributed by atoms with Crippen molar-refractivity contribution in [1.82, 2.24) is 10.2 Å². The van der Waals surface area contributed by atoms with Crippen LogP contribution in [0, 0.1) is 3.57 Å². The normalized spacial score (nSPS) is 17.5. The van der Waals surface area contributed by atoms with E-state index in [0.29, 0.717) is 31.7 Å². The minimum Gasteiger partial charge on any atom is -0.494 e. The third kappa shape index (κ3) is 9.88. The number of nitrogens with zero attached hydrogens (tertiary/aromatic N) is 1. The molecule has 0 aromatic heterocycles. The second-order valence-corrected chi connectivity index (χ2v) is 10.6. The molecule has 2 aromatic carbocycles. The van der Waals surface area contributed by atoms with Crippen molar-refractivity contribution in [2.45, 2.75) is 63.7 Å². The molecule has 0 spiro atoms. The van der Waals surface area contributed by atoms with Crippen LogP contribution in [0.3, 0.4) is 0 Å². The summed E-state index contributed by atoms with van der Waals surface area (Å²) < 4.78 is 12.6.